The second-order valence-electron chi connectivity index (χ2n) is 5.99. The van der Waals surface area contributed by atoms with Crippen LogP contribution in [0.2, 0.25) is 0 Å². The number of amidine groups is 1. The summed E-state index contributed by atoms with van der Waals surface area (Å²) in [7, 11) is 0. The van der Waals surface area contributed by atoms with Crippen molar-refractivity contribution < 1.29 is 0 Å². The lowest BCUT2D eigenvalue weighted by molar-refractivity contribution is 0.815. The molecule has 2 atom stereocenters. The van der Waals surface area contributed by atoms with Crippen LogP contribution < -0.4 is 5.73 Å². The second-order valence-corrected chi connectivity index (χ2v) is 8.45. The van der Waals surface area contributed by atoms with Crippen LogP contribution in [0.4, 0.5) is 0 Å². The predicted molar refractivity (Wildman–Crippen MR) is 108 cm³/mol. The highest BCUT2D eigenvalue weighted by molar-refractivity contribution is 8.00. The van der Waals surface area contributed by atoms with Crippen LogP contribution in [0.3, 0.4) is 0 Å². The number of thioether (sulfide) groups is 1. The van der Waals surface area contributed by atoms with Gasteiger partial charge in [0.05, 0.1) is 11.3 Å². The lowest BCUT2D eigenvalue weighted by Crippen LogP contribution is -2.29. The molecule has 3 aromatic rings. The van der Waals surface area contributed by atoms with E-state index in [0.29, 0.717) is 5.25 Å². The summed E-state index contributed by atoms with van der Waals surface area (Å²) in [5.74, 6) is 7.88. The minimum Gasteiger partial charge on any atom is -0.387 e. The van der Waals surface area contributed by atoms with Crippen molar-refractivity contribution in [1.82, 2.24) is 0 Å². The number of benzene rings is 2. The Morgan fingerprint density at radius 1 is 1.12 bits per heavy atom. The Bertz CT molecular complexity index is 1020. The first kappa shape index (κ1) is 15.6. The van der Waals surface area contributed by atoms with E-state index < -0.39 is 0 Å². The van der Waals surface area contributed by atoms with Gasteiger partial charge in [0.15, 0.2) is 0 Å². The summed E-state index contributed by atoms with van der Waals surface area (Å²) in [5.41, 5.74) is 8.37. The summed E-state index contributed by atoms with van der Waals surface area (Å²) < 4.78 is 2.61. The highest BCUT2D eigenvalue weighted by Gasteiger charge is 2.21. The Morgan fingerprint density at radius 2 is 1.88 bits per heavy atom. The number of hydrogen-bond donors (Lipinski definition) is 1. The zero-order chi connectivity index (χ0) is 16.7. The van der Waals surface area contributed by atoms with Gasteiger partial charge in [0.25, 0.3) is 0 Å². The molecule has 4 rings (SSSR count). The fourth-order valence-corrected chi connectivity index (χ4v) is 5.07. The van der Waals surface area contributed by atoms with Gasteiger partial charge in [-0.1, -0.05) is 12.0 Å². The van der Waals surface area contributed by atoms with Crippen molar-refractivity contribution in [3.05, 3.63) is 47.5 Å². The van der Waals surface area contributed by atoms with Gasteiger partial charge in [-0.3, -0.25) is 4.99 Å². The average Bonchev–Trinajstić information content (AvgIpc) is 2.95. The van der Waals surface area contributed by atoms with E-state index >= 15 is 0 Å². The minimum absolute atomic E-state index is 0.157. The quantitative estimate of drug-likeness (QED) is 0.630. The van der Waals surface area contributed by atoms with Gasteiger partial charge in [-0.15, -0.1) is 29.0 Å². The Kier molecular flexibility index (Phi) is 3.99. The van der Waals surface area contributed by atoms with E-state index in [2.05, 4.69) is 55.2 Å². The molecule has 2 N–H and O–H groups in total. The summed E-state index contributed by atoms with van der Waals surface area (Å²) in [6, 6.07) is 13.3. The molecule has 1 aromatic heterocycles. The van der Waals surface area contributed by atoms with Gasteiger partial charge in [-0.2, -0.15) is 0 Å². The van der Waals surface area contributed by atoms with Crippen LogP contribution in [-0.4, -0.2) is 16.8 Å². The van der Waals surface area contributed by atoms with Crippen LogP contribution in [0, 0.1) is 11.8 Å². The van der Waals surface area contributed by atoms with Crippen molar-refractivity contribution in [2.45, 2.75) is 25.1 Å². The fourth-order valence-electron chi connectivity index (χ4n) is 3.04. The molecular formula is C20H18N2S2. The number of thiophene rings is 1. The SMILES string of the molecule is CC#Cc1ccc2sc3ccc(C4CSC(C)C(N)=N4)cc3c2c1. The maximum atomic E-state index is 6.06. The smallest absolute Gasteiger partial charge is 0.107 e. The number of nitrogens with zero attached hydrogens (tertiary/aromatic N) is 1. The molecule has 0 saturated carbocycles. The van der Waals surface area contributed by atoms with Crippen molar-refractivity contribution in [3.63, 3.8) is 0 Å². The Morgan fingerprint density at radius 3 is 2.62 bits per heavy atom. The molecule has 2 nitrogen and oxygen atoms in total. The summed E-state index contributed by atoms with van der Waals surface area (Å²) in [6.45, 7) is 3.99. The maximum Gasteiger partial charge on any atom is 0.107 e. The molecule has 2 heterocycles. The van der Waals surface area contributed by atoms with Crippen molar-refractivity contribution >= 4 is 49.1 Å². The number of fused-ring (bicyclic) bond motifs is 3. The molecule has 2 aromatic carbocycles. The van der Waals surface area contributed by atoms with Crippen molar-refractivity contribution in [2.24, 2.45) is 10.7 Å². The highest BCUT2D eigenvalue weighted by Crippen LogP contribution is 2.37. The minimum atomic E-state index is 0.157. The van der Waals surface area contributed by atoms with E-state index in [0.717, 1.165) is 17.2 Å². The van der Waals surface area contributed by atoms with Crippen molar-refractivity contribution in [3.8, 4) is 11.8 Å². The molecule has 0 saturated heterocycles. The normalized spacial score (nSPS) is 20.7. The number of rotatable bonds is 1. The van der Waals surface area contributed by atoms with E-state index in [4.69, 9.17) is 10.7 Å². The molecular weight excluding hydrogens is 332 g/mol. The summed E-state index contributed by atoms with van der Waals surface area (Å²) in [5, 5.41) is 2.90. The average molecular weight is 351 g/mol. The maximum absolute atomic E-state index is 6.06. The molecule has 4 heteroatoms. The first-order valence-corrected chi connectivity index (χ1v) is 9.86. The monoisotopic (exact) mass is 350 g/mol. The van der Waals surface area contributed by atoms with Gasteiger partial charge in [0, 0.05) is 31.5 Å². The lowest BCUT2D eigenvalue weighted by Gasteiger charge is -2.23. The van der Waals surface area contributed by atoms with Crippen LogP contribution in [0.25, 0.3) is 20.2 Å². The molecule has 24 heavy (non-hydrogen) atoms. The van der Waals surface area contributed by atoms with Crippen molar-refractivity contribution in [1.29, 1.82) is 0 Å². The first-order chi connectivity index (χ1) is 11.7. The lowest BCUT2D eigenvalue weighted by atomic mass is 10.0. The van der Waals surface area contributed by atoms with Crippen LogP contribution >= 0.6 is 23.1 Å². The Hall–Kier alpha value is -1.96. The molecule has 0 spiro atoms. The van der Waals surface area contributed by atoms with Gasteiger partial charge in [-0.05, 0) is 49.7 Å². The van der Waals surface area contributed by atoms with Gasteiger partial charge < -0.3 is 5.73 Å². The van der Waals surface area contributed by atoms with E-state index in [1.165, 1.54) is 25.7 Å². The van der Waals surface area contributed by atoms with Gasteiger partial charge >= 0.3 is 0 Å². The molecule has 120 valence electrons. The summed E-state index contributed by atoms with van der Waals surface area (Å²) in [4.78, 5) is 4.71. The van der Waals surface area contributed by atoms with Gasteiger partial charge in [0.1, 0.15) is 5.84 Å². The highest BCUT2D eigenvalue weighted by atomic mass is 32.2. The van der Waals surface area contributed by atoms with Crippen LogP contribution in [0.15, 0.2) is 41.4 Å². The zero-order valence-electron chi connectivity index (χ0n) is 13.7. The van der Waals surface area contributed by atoms with Gasteiger partial charge in [-0.25, -0.2) is 0 Å². The van der Waals surface area contributed by atoms with Crippen molar-refractivity contribution in [2.75, 3.05) is 5.75 Å². The largest absolute Gasteiger partial charge is 0.387 e. The molecule has 0 aliphatic carbocycles. The third kappa shape index (κ3) is 2.68. The number of hydrogen-bond acceptors (Lipinski definition) is 4. The second kappa shape index (κ2) is 6.16. The molecule has 0 bridgehead atoms. The first-order valence-electron chi connectivity index (χ1n) is 7.99. The summed E-state index contributed by atoms with van der Waals surface area (Å²) >= 11 is 3.71. The Labute approximate surface area is 150 Å². The molecule has 1 aliphatic heterocycles. The van der Waals surface area contributed by atoms with E-state index in [1.54, 1.807) is 0 Å². The number of nitrogens with two attached hydrogens (primary N) is 1. The predicted octanol–water partition coefficient (Wildman–Crippen LogP) is 4.96. The van der Waals surface area contributed by atoms with E-state index in [-0.39, 0.29) is 6.04 Å². The van der Waals surface area contributed by atoms with E-state index in [1.807, 2.05) is 30.0 Å². The van der Waals surface area contributed by atoms with Gasteiger partial charge in [0.2, 0.25) is 0 Å². The molecule has 0 amide bonds. The molecule has 0 radical (unpaired) electrons. The standard InChI is InChI=1S/C20H18N2S2/c1-3-4-13-5-7-18-15(9-13)16-10-14(6-8-19(16)24-18)17-11-23-12(2)20(21)22-17/h5-10,12,17H,11H2,1-2H3,(H2,21,22). The summed E-state index contributed by atoms with van der Waals surface area (Å²) in [6.07, 6.45) is 0. The van der Waals surface area contributed by atoms with Crippen LogP contribution in [0.5, 0.6) is 0 Å². The van der Waals surface area contributed by atoms with Crippen LogP contribution in [0.1, 0.15) is 31.0 Å². The molecule has 2 unspecified atom stereocenters. The van der Waals surface area contributed by atoms with E-state index in [9.17, 15) is 0 Å². The number of aliphatic imine (C=N–C) groups is 1. The fraction of sp³-hybridized carbons (Fsp3) is 0.250. The topological polar surface area (TPSA) is 38.4 Å². The third-order valence-electron chi connectivity index (χ3n) is 4.37. The third-order valence-corrected chi connectivity index (χ3v) is 6.77. The molecule has 0 fully saturated rings. The Balaban J connectivity index is 1.85. The molecule has 1 aliphatic rings. The zero-order valence-corrected chi connectivity index (χ0v) is 15.3. The van der Waals surface area contributed by atoms with Crippen LogP contribution in [-0.2, 0) is 0 Å².